The molecular weight excluding hydrogens is 370 g/mol. The lowest BCUT2D eigenvalue weighted by Gasteiger charge is -2.10. The summed E-state index contributed by atoms with van der Waals surface area (Å²) in [6, 6.07) is 10.8. The minimum absolute atomic E-state index is 0.0340. The number of hydrogen-bond acceptors (Lipinski definition) is 7. The Morgan fingerprint density at radius 2 is 1.89 bits per heavy atom. The minimum atomic E-state index is -0.869. The number of hydrogen-bond donors (Lipinski definition) is 2. The molecule has 2 aromatic carbocycles. The van der Waals surface area contributed by atoms with Crippen LogP contribution in [0.25, 0.3) is 0 Å². The molecule has 0 saturated heterocycles. The number of para-hydroxylation sites is 1. The third-order valence-electron chi connectivity index (χ3n) is 3.72. The highest BCUT2D eigenvalue weighted by atomic mass is 16.6. The molecule has 3 rings (SSSR count). The number of amides is 1. The number of carbonyl (C=O) groups excluding carboxylic acids is 1. The van der Waals surface area contributed by atoms with Crippen LogP contribution in [0, 0.1) is 27.2 Å². The number of aromatic nitrogens is 2. The molecule has 28 heavy (non-hydrogen) atoms. The van der Waals surface area contributed by atoms with Gasteiger partial charge in [-0.1, -0.05) is 18.2 Å². The van der Waals surface area contributed by atoms with E-state index in [1.54, 1.807) is 12.1 Å². The van der Waals surface area contributed by atoms with Crippen molar-refractivity contribution in [2.75, 3.05) is 5.32 Å². The number of H-pyrrole nitrogens is 1. The number of non-ortho nitro benzene ring substituents is 1. The molecule has 142 valence electrons. The fourth-order valence-electron chi connectivity index (χ4n) is 2.40. The number of aromatic amines is 1. The Labute approximate surface area is 157 Å². The summed E-state index contributed by atoms with van der Waals surface area (Å²) < 4.78 is 5.69. The standard InChI is InChI=1S/C17H13N5O6/c1-10-4-2-3-5-15(10)28-13-7-11(6-12(8-13)21(24)25)19-17(23)16-14(22(26)27)9-18-20-16/h2-9H,1H3,(H,18,20)(H,19,23). The Balaban J connectivity index is 1.92. The van der Waals surface area contributed by atoms with Crippen molar-refractivity contribution in [3.8, 4) is 11.5 Å². The van der Waals surface area contributed by atoms with E-state index in [1.165, 1.54) is 12.1 Å². The van der Waals surface area contributed by atoms with Crippen LogP contribution in [0.3, 0.4) is 0 Å². The summed E-state index contributed by atoms with van der Waals surface area (Å²) >= 11 is 0. The van der Waals surface area contributed by atoms with Crippen molar-refractivity contribution in [2.45, 2.75) is 6.92 Å². The predicted molar refractivity (Wildman–Crippen MR) is 97.5 cm³/mol. The van der Waals surface area contributed by atoms with Crippen LogP contribution in [0.4, 0.5) is 17.1 Å². The minimum Gasteiger partial charge on any atom is -0.457 e. The van der Waals surface area contributed by atoms with Crippen molar-refractivity contribution in [1.29, 1.82) is 0 Å². The first-order valence-corrected chi connectivity index (χ1v) is 7.87. The fraction of sp³-hybridized carbons (Fsp3) is 0.0588. The predicted octanol–water partition coefficient (Wildman–Crippen LogP) is 3.58. The van der Waals surface area contributed by atoms with Crippen LogP contribution in [0.1, 0.15) is 16.1 Å². The number of ether oxygens (including phenoxy) is 1. The monoisotopic (exact) mass is 383 g/mol. The van der Waals surface area contributed by atoms with Gasteiger partial charge < -0.3 is 10.1 Å². The summed E-state index contributed by atoms with van der Waals surface area (Å²) in [6.45, 7) is 1.81. The first-order chi connectivity index (χ1) is 13.3. The number of nitrogens with one attached hydrogen (secondary N) is 2. The van der Waals surface area contributed by atoms with Crippen molar-refractivity contribution in [1.82, 2.24) is 10.2 Å². The average Bonchev–Trinajstić information content (AvgIpc) is 3.14. The van der Waals surface area contributed by atoms with Gasteiger partial charge in [0.05, 0.1) is 21.6 Å². The molecule has 0 aliphatic rings. The number of nitro benzene ring substituents is 1. The largest absolute Gasteiger partial charge is 0.457 e. The third kappa shape index (κ3) is 3.93. The van der Waals surface area contributed by atoms with Crippen LogP contribution >= 0.6 is 0 Å². The van der Waals surface area contributed by atoms with Crippen molar-refractivity contribution < 1.29 is 19.4 Å². The van der Waals surface area contributed by atoms with Gasteiger partial charge >= 0.3 is 5.69 Å². The quantitative estimate of drug-likeness (QED) is 0.487. The zero-order valence-electron chi connectivity index (χ0n) is 14.4. The maximum absolute atomic E-state index is 12.3. The van der Waals surface area contributed by atoms with Crippen LogP contribution in [-0.2, 0) is 0 Å². The van der Waals surface area contributed by atoms with Crippen molar-refractivity contribution in [3.63, 3.8) is 0 Å². The SMILES string of the molecule is Cc1ccccc1Oc1cc(NC(=O)c2[nH]ncc2[N+](=O)[O-])cc([N+](=O)[O-])c1. The Bertz CT molecular complexity index is 1080. The van der Waals surface area contributed by atoms with Crippen molar-refractivity contribution in [3.05, 3.63) is 80.1 Å². The molecule has 0 spiro atoms. The molecule has 0 bridgehead atoms. The maximum Gasteiger partial charge on any atom is 0.319 e. The van der Waals surface area contributed by atoms with Gasteiger partial charge in [-0.05, 0) is 18.6 Å². The van der Waals surface area contributed by atoms with Gasteiger partial charge in [0.25, 0.3) is 11.6 Å². The van der Waals surface area contributed by atoms with Crippen LogP contribution < -0.4 is 10.1 Å². The highest BCUT2D eigenvalue weighted by Gasteiger charge is 2.23. The van der Waals surface area contributed by atoms with E-state index < -0.39 is 21.4 Å². The van der Waals surface area contributed by atoms with E-state index in [9.17, 15) is 25.0 Å². The fourth-order valence-corrected chi connectivity index (χ4v) is 2.40. The van der Waals surface area contributed by atoms with Crippen LogP contribution in [0.5, 0.6) is 11.5 Å². The van der Waals surface area contributed by atoms with Crippen LogP contribution in [-0.4, -0.2) is 26.0 Å². The lowest BCUT2D eigenvalue weighted by molar-refractivity contribution is -0.385. The molecule has 1 amide bonds. The number of nitro groups is 2. The summed E-state index contributed by atoms with van der Waals surface area (Å²) in [7, 11) is 0. The number of carbonyl (C=O) groups is 1. The van der Waals surface area contributed by atoms with E-state index in [4.69, 9.17) is 4.74 Å². The van der Waals surface area contributed by atoms with Crippen molar-refractivity contribution >= 4 is 23.0 Å². The molecule has 0 aliphatic heterocycles. The van der Waals surface area contributed by atoms with Gasteiger partial charge in [0.2, 0.25) is 5.69 Å². The Hall–Kier alpha value is -4.28. The number of anilines is 1. The number of rotatable bonds is 6. The zero-order valence-corrected chi connectivity index (χ0v) is 14.4. The molecule has 11 nitrogen and oxygen atoms in total. The Morgan fingerprint density at radius 3 is 2.57 bits per heavy atom. The first kappa shape index (κ1) is 18.5. The van der Waals surface area contributed by atoms with Crippen LogP contribution in [0.2, 0.25) is 0 Å². The van der Waals surface area contributed by atoms with E-state index in [2.05, 4.69) is 15.5 Å². The van der Waals surface area contributed by atoms with Gasteiger partial charge in [-0.15, -0.1) is 0 Å². The summed E-state index contributed by atoms with van der Waals surface area (Å²) in [6.07, 6.45) is 0.898. The molecule has 0 aliphatic carbocycles. The average molecular weight is 383 g/mol. The second-order valence-corrected chi connectivity index (χ2v) is 5.68. The second kappa shape index (κ2) is 7.53. The smallest absolute Gasteiger partial charge is 0.319 e. The summed E-state index contributed by atoms with van der Waals surface area (Å²) in [5.41, 5.74) is -0.364. The highest BCUT2D eigenvalue weighted by molar-refractivity contribution is 6.05. The van der Waals surface area contributed by atoms with Crippen molar-refractivity contribution in [2.24, 2.45) is 0 Å². The molecule has 0 atom stereocenters. The second-order valence-electron chi connectivity index (χ2n) is 5.68. The molecule has 3 aromatic rings. The Kier molecular flexibility index (Phi) is 4.98. The molecule has 2 N–H and O–H groups in total. The molecule has 0 saturated carbocycles. The number of benzene rings is 2. The van der Waals surface area contributed by atoms with E-state index >= 15 is 0 Å². The lowest BCUT2D eigenvalue weighted by atomic mass is 10.2. The van der Waals surface area contributed by atoms with Gasteiger partial charge in [0.15, 0.2) is 0 Å². The van der Waals surface area contributed by atoms with E-state index in [1.807, 2.05) is 19.1 Å². The zero-order chi connectivity index (χ0) is 20.3. The normalized spacial score (nSPS) is 10.3. The summed E-state index contributed by atoms with van der Waals surface area (Å²) in [4.78, 5) is 33.0. The molecule has 0 radical (unpaired) electrons. The van der Waals surface area contributed by atoms with Gasteiger partial charge in [-0.3, -0.25) is 30.1 Å². The lowest BCUT2D eigenvalue weighted by Crippen LogP contribution is -2.14. The molecular formula is C17H13N5O6. The van der Waals surface area contributed by atoms with Gasteiger partial charge in [0.1, 0.15) is 17.7 Å². The molecule has 1 heterocycles. The highest BCUT2D eigenvalue weighted by Crippen LogP contribution is 2.31. The Morgan fingerprint density at radius 1 is 1.14 bits per heavy atom. The third-order valence-corrected chi connectivity index (χ3v) is 3.72. The van der Waals surface area contributed by atoms with Gasteiger partial charge in [0, 0.05) is 12.1 Å². The molecule has 1 aromatic heterocycles. The molecule has 11 heteroatoms. The van der Waals surface area contributed by atoms with Gasteiger partial charge in [-0.25, -0.2) is 0 Å². The molecule has 0 fully saturated rings. The van der Waals surface area contributed by atoms with Gasteiger partial charge in [-0.2, -0.15) is 5.10 Å². The first-order valence-electron chi connectivity index (χ1n) is 7.87. The number of aryl methyl sites for hydroxylation is 1. The van der Waals surface area contributed by atoms with E-state index in [0.717, 1.165) is 17.8 Å². The van der Waals surface area contributed by atoms with E-state index in [0.29, 0.717) is 5.75 Å². The number of nitrogens with zero attached hydrogens (tertiary/aromatic N) is 3. The maximum atomic E-state index is 12.3. The van der Waals surface area contributed by atoms with Crippen LogP contribution in [0.15, 0.2) is 48.7 Å². The topological polar surface area (TPSA) is 153 Å². The summed E-state index contributed by atoms with van der Waals surface area (Å²) in [5.74, 6) is -0.256. The summed E-state index contributed by atoms with van der Waals surface area (Å²) in [5, 5.41) is 30.2. The van der Waals surface area contributed by atoms with E-state index in [-0.39, 0.29) is 22.8 Å². The molecule has 0 unspecified atom stereocenters.